The van der Waals surface area contributed by atoms with Crippen molar-refractivity contribution in [2.45, 2.75) is 33.1 Å². The Morgan fingerprint density at radius 1 is 1.25 bits per heavy atom. The van der Waals surface area contributed by atoms with Gasteiger partial charge in [0.05, 0.1) is 28.7 Å². The predicted molar refractivity (Wildman–Crippen MR) is 110 cm³/mol. The van der Waals surface area contributed by atoms with Crippen LogP contribution < -0.4 is 5.32 Å². The maximum Gasteiger partial charge on any atom is 0.307 e. The summed E-state index contributed by atoms with van der Waals surface area (Å²) in [6.45, 7) is 5.75. The molecule has 0 radical (unpaired) electrons. The molecule has 1 saturated heterocycles. The van der Waals surface area contributed by atoms with Gasteiger partial charge in [-0.15, -0.1) is 12.4 Å². The summed E-state index contributed by atoms with van der Waals surface area (Å²) in [5.74, 6) is -1.15. The van der Waals surface area contributed by atoms with Gasteiger partial charge in [0.2, 0.25) is 5.91 Å². The molecule has 2 aromatic rings. The Labute approximate surface area is 171 Å². The standard InChI is InChI=1S/C20H26N4O3.ClH/c1-14-19(15(2)24(22-14)17-8-4-3-5-9-17)21-18(25)10-12-23-11-6-7-16(13-23)20(26)27;/h3-5,8-9,16H,6-7,10-13H2,1-2H3,(H,21,25)(H,26,27);1H. The number of anilines is 1. The van der Waals surface area contributed by atoms with E-state index in [1.54, 1.807) is 0 Å². The first kappa shape index (κ1) is 21.9. The second kappa shape index (κ2) is 9.71. The molecule has 7 nitrogen and oxygen atoms in total. The number of hydrogen-bond acceptors (Lipinski definition) is 4. The summed E-state index contributed by atoms with van der Waals surface area (Å²) in [7, 11) is 0. The highest BCUT2D eigenvalue weighted by atomic mass is 35.5. The Morgan fingerprint density at radius 3 is 2.64 bits per heavy atom. The van der Waals surface area contributed by atoms with Crippen molar-refractivity contribution in [2.75, 3.05) is 25.0 Å². The van der Waals surface area contributed by atoms with Crippen molar-refractivity contribution in [1.29, 1.82) is 0 Å². The van der Waals surface area contributed by atoms with E-state index in [1.165, 1.54) is 0 Å². The van der Waals surface area contributed by atoms with Crippen molar-refractivity contribution in [3.63, 3.8) is 0 Å². The number of aryl methyl sites for hydroxylation is 1. The van der Waals surface area contributed by atoms with E-state index in [-0.39, 0.29) is 24.2 Å². The number of nitrogens with zero attached hydrogens (tertiary/aromatic N) is 3. The lowest BCUT2D eigenvalue weighted by Crippen LogP contribution is -2.40. The van der Waals surface area contributed by atoms with Crippen molar-refractivity contribution in [3.8, 4) is 5.69 Å². The van der Waals surface area contributed by atoms with Crippen LogP contribution in [0.4, 0.5) is 5.69 Å². The highest BCUT2D eigenvalue weighted by Gasteiger charge is 2.25. The number of carboxylic acid groups (broad SMARTS) is 1. The average Bonchev–Trinajstić information content (AvgIpc) is 2.95. The van der Waals surface area contributed by atoms with Crippen molar-refractivity contribution in [3.05, 3.63) is 41.7 Å². The molecule has 1 aliphatic rings. The van der Waals surface area contributed by atoms with E-state index >= 15 is 0 Å². The maximum atomic E-state index is 12.4. The van der Waals surface area contributed by atoms with E-state index in [4.69, 9.17) is 0 Å². The SMILES string of the molecule is Cc1nn(-c2ccccc2)c(C)c1NC(=O)CCN1CCCC(C(=O)O)C1.Cl. The molecule has 1 atom stereocenters. The van der Waals surface area contributed by atoms with Gasteiger partial charge in [-0.25, -0.2) is 4.68 Å². The molecule has 0 aliphatic carbocycles. The number of carboxylic acids is 1. The summed E-state index contributed by atoms with van der Waals surface area (Å²) in [6, 6.07) is 9.80. The number of likely N-dealkylation sites (tertiary alicyclic amines) is 1. The van der Waals surface area contributed by atoms with E-state index in [9.17, 15) is 14.7 Å². The fourth-order valence-corrected chi connectivity index (χ4v) is 3.57. The molecule has 8 heteroatoms. The Hall–Kier alpha value is -2.38. The van der Waals surface area contributed by atoms with Crippen molar-refractivity contribution < 1.29 is 14.7 Å². The zero-order valence-corrected chi connectivity index (χ0v) is 17.0. The lowest BCUT2D eigenvalue weighted by molar-refractivity contribution is -0.143. The fraction of sp³-hybridized carbons (Fsp3) is 0.450. The molecule has 28 heavy (non-hydrogen) atoms. The van der Waals surface area contributed by atoms with Gasteiger partial charge in [0.25, 0.3) is 0 Å². The minimum Gasteiger partial charge on any atom is -0.481 e. The zero-order valence-electron chi connectivity index (χ0n) is 16.2. The van der Waals surface area contributed by atoms with E-state index in [2.05, 4.69) is 15.3 Å². The predicted octanol–water partition coefficient (Wildman–Crippen LogP) is 3.04. The molecule has 152 valence electrons. The van der Waals surface area contributed by atoms with Gasteiger partial charge in [0, 0.05) is 19.5 Å². The summed E-state index contributed by atoms with van der Waals surface area (Å²) in [4.78, 5) is 25.7. The quantitative estimate of drug-likeness (QED) is 0.769. The number of piperidine rings is 1. The Bertz CT molecular complexity index is 822. The van der Waals surface area contributed by atoms with Crippen LogP contribution in [0.1, 0.15) is 30.7 Å². The van der Waals surface area contributed by atoms with Crippen LogP contribution in [-0.4, -0.2) is 51.3 Å². The third-order valence-corrected chi connectivity index (χ3v) is 5.07. The van der Waals surface area contributed by atoms with E-state index < -0.39 is 5.97 Å². The van der Waals surface area contributed by atoms with Crippen LogP contribution in [0.25, 0.3) is 5.69 Å². The number of rotatable bonds is 6. The van der Waals surface area contributed by atoms with Crippen LogP contribution in [0.2, 0.25) is 0 Å². The Kier molecular flexibility index (Phi) is 7.60. The number of carbonyl (C=O) groups is 2. The van der Waals surface area contributed by atoms with E-state index in [0.717, 1.165) is 42.1 Å². The lowest BCUT2D eigenvalue weighted by Gasteiger charge is -2.30. The summed E-state index contributed by atoms with van der Waals surface area (Å²) < 4.78 is 1.83. The number of carbonyl (C=O) groups excluding carboxylic acids is 1. The van der Waals surface area contributed by atoms with Gasteiger partial charge < -0.3 is 15.3 Å². The highest BCUT2D eigenvalue weighted by Crippen LogP contribution is 2.23. The first-order valence-electron chi connectivity index (χ1n) is 9.32. The highest BCUT2D eigenvalue weighted by molar-refractivity contribution is 5.92. The number of amides is 1. The van der Waals surface area contributed by atoms with E-state index in [1.807, 2.05) is 48.9 Å². The molecule has 1 aromatic carbocycles. The molecule has 1 aromatic heterocycles. The summed E-state index contributed by atoms with van der Waals surface area (Å²) in [6.07, 6.45) is 1.91. The number of nitrogens with one attached hydrogen (secondary N) is 1. The molecular weight excluding hydrogens is 380 g/mol. The Balaban J connectivity index is 0.00000280. The molecule has 1 unspecified atom stereocenters. The van der Waals surface area contributed by atoms with Crippen molar-refractivity contribution in [1.82, 2.24) is 14.7 Å². The largest absolute Gasteiger partial charge is 0.481 e. The number of hydrogen-bond donors (Lipinski definition) is 2. The minimum atomic E-state index is -0.747. The normalized spacial score (nSPS) is 17.0. The molecule has 1 amide bonds. The maximum absolute atomic E-state index is 12.4. The fourth-order valence-electron chi connectivity index (χ4n) is 3.57. The topological polar surface area (TPSA) is 87.5 Å². The number of aromatic nitrogens is 2. The van der Waals surface area contributed by atoms with Gasteiger partial charge in [-0.2, -0.15) is 5.10 Å². The molecule has 2 heterocycles. The van der Waals surface area contributed by atoms with Gasteiger partial charge >= 0.3 is 5.97 Å². The van der Waals surface area contributed by atoms with Crippen LogP contribution in [-0.2, 0) is 9.59 Å². The first-order valence-corrected chi connectivity index (χ1v) is 9.32. The molecule has 0 spiro atoms. The molecule has 1 fully saturated rings. The minimum absolute atomic E-state index is 0. The third kappa shape index (κ3) is 5.11. The lowest BCUT2D eigenvalue weighted by atomic mass is 9.98. The van der Waals surface area contributed by atoms with Crippen LogP contribution >= 0.6 is 12.4 Å². The van der Waals surface area contributed by atoms with Crippen LogP contribution in [0, 0.1) is 19.8 Å². The molecule has 0 saturated carbocycles. The third-order valence-electron chi connectivity index (χ3n) is 5.07. The smallest absolute Gasteiger partial charge is 0.307 e. The van der Waals surface area contributed by atoms with Gasteiger partial charge in [-0.3, -0.25) is 9.59 Å². The van der Waals surface area contributed by atoms with Crippen molar-refractivity contribution in [2.24, 2.45) is 5.92 Å². The number of benzene rings is 1. The Morgan fingerprint density at radius 2 is 1.96 bits per heavy atom. The second-order valence-corrected chi connectivity index (χ2v) is 7.07. The number of para-hydroxylation sites is 1. The number of aliphatic carboxylic acids is 1. The number of halogens is 1. The summed E-state index contributed by atoms with van der Waals surface area (Å²) in [5.41, 5.74) is 3.35. The molecule has 1 aliphatic heterocycles. The second-order valence-electron chi connectivity index (χ2n) is 7.07. The first-order chi connectivity index (χ1) is 13.0. The van der Waals surface area contributed by atoms with Gasteiger partial charge in [0.1, 0.15) is 0 Å². The van der Waals surface area contributed by atoms with Gasteiger partial charge in [0.15, 0.2) is 0 Å². The van der Waals surface area contributed by atoms with E-state index in [0.29, 0.717) is 19.5 Å². The van der Waals surface area contributed by atoms with Crippen LogP contribution in [0.3, 0.4) is 0 Å². The molecule has 3 rings (SSSR count). The van der Waals surface area contributed by atoms with Crippen LogP contribution in [0.5, 0.6) is 0 Å². The van der Waals surface area contributed by atoms with Gasteiger partial charge in [-0.05, 0) is 45.4 Å². The summed E-state index contributed by atoms with van der Waals surface area (Å²) >= 11 is 0. The van der Waals surface area contributed by atoms with Gasteiger partial charge in [-0.1, -0.05) is 18.2 Å². The summed E-state index contributed by atoms with van der Waals surface area (Å²) in [5, 5.41) is 16.7. The zero-order chi connectivity index (χ0) is 19.4. The molecular formula is C20H27ClN4O3. The van der Waals surface area contributed by atoms with Crippen LogP contribution in [0.15, 0.2) is 30.3 Å². The molecule has 2 N–H and O–H groups in total. The van der Waals surface area contributed by atoms with Crippen molar-refractivity contribution >= 4 is 30.0 Å². The monoisotopic (exact) mass is 406 g/mol. The average molecular weight is 407 g/mol. The molecule has 0 bridgehead atoms.